The van der Waals surface area contributed by atoms with Crippen molar-refractivity contribution in [1.29, 1.82) is 0 Å². The van der Waals surface area contributed by atoms with Gasteiger partial charge in [-0.3, -0.25) is 4.79 Å². The quantitative estimate of drug-likeness (QED) is 0.777. The van der Waals surface area contributed by atoms with Gasteiger partial charge in [-0.15, -0.1) is 0 Å². The fourth-order valence-electron chi connectivity index (χ4n) is 3.08. The molecule has 3 aromatic rings. The van der Waals surface area contributed by atoms with E-state index in [1.807, 2.05) is 28.9 Å². The van der Waals surface area contributed by atoms with Crippen LogP contribution in [0.3, 0.4) is 0 Å². The average molecular weight is 336 g/mol. The van der Waals surface area contributed by atoms with E-state index in [1.165, 1.54) is 0 Å². The molecule has 0 bridgehead atoms. The normalized spacial score (nSPS) is 17.0. The maximum absolute atomic E-state index is 12.3. The maximum Gasteiger partial charge on any atom is 0.252 e. The van der Waals surface area contributed by atoms with Gasteiger partial charge in [0, 0.05) is 24.7 Å². The second kappa shape index (κ2) is 7.03. The summed E-state index contributed by atoms with van der Waals surface area (Å²) in [7, 11) is 0. The summed E-state index contributed by atoms with van der Waals surface area (Å²) in [6.45, 7) is 1.99. The van der Waals surface area contributed by atoms with E-state index in [0.717, 1.165) is 36.0 Å². The Morgan fingerprint density at radius 2 is 2.16 bits per heavy atom. The van der Waals surface area contributed by atoms with Crippen LogP contribution in [0.2, 0.25) is 0 Å². The van der Waals surface area contributed by atoms with E-state index in [1.54, 1.807) is 12.4 Å². The molecule has 0 unspecified atom stereocenters. The Morgan fingerprint density at radius 1 is 1.28 bits per heavy atom. The monoisotopic (exact) mass is 336 g/mol. The molecule has 1 aliphatic rings. The Balaban J connectivity index is 1.48. The molecule has 1 atom stereocenters. The third-order valence-electron chi connectivity index (χ3n) is 4.43. The number of carbonyl (C=O) groups excluding carboxylic acids is 1. The van der Waals surface area contributed by atoms with Gasteiger partial charge in [0.15, 0.2) is 5.65 Å². The van der Waals surface area contributed by atoms with Crippen LogP contribution in [0.5, 0.6) is 0 Å². The summed E-state index contributed by atoms with van der Waals surface area (Å²) in [6, 6.07) is 11.9. The van der Waals surface area contributed by atoms with Crippen molar-refractivity contribution in [2.24, 2.45) is 0 Å². The molecular weight excluding hydrogens is 316 g/mol. The number of nitrogens with zero attached hydrogens (tertiary/aromatic N) is 3. The molecule has 1 fully saturated rings. The summed E-state index contributed by atoms with van der Waals surface area (Å²) in [5.74, 6) is -0.124. The van der Waals surface area contributed by atoms with Gasteiger partial charge in [0.25, 0.3) is 5.91 Å². The zero-order chi connectivity index (χ0) is 17.1. The Kier molecular flexibility index (Phi) is 4.43. The zero-order valence-corrected chi connectivity index (χ0v) is 13.9. The molecular formula is C19H20N4O2. The molecule has 0 saturated carbocycles. The van der Waals surface area contributed by atoms with Gasteiger partial charge in [0.1, 0.15) is 0 Å². The van der Waals surface area contributed by atoms with Gasteiger partial charge in [-0.1, -0.05) is 30.3 Å². The number of ether oxygens (including phenoxy) is 1. The van der Waals surface area contributed by atoms with Crippen molar-refractivity contribution in [2.45, 2.75) is 25.5 Å². The number of amides is 1. The molecule has 0 spiro atoms. The van der Waals surface area contributed by atoms with E-state index < -0.39 is 0 Å². The number of pyridine rings is 1. The summed E-state index contributed by atoms with van der Waals surface area (Å²) in [5, 5.41) is 8.19. The molecule has 6 heteroatoms. The fourth-order valence-corrected chi connectivity index (χ4v) is 3.08. The van der Waals surface area contributed by atoms with Crippen LogP contribution < -0.4 is 5.32 Å². The lowest BCUT2D eigenvalue weighted by atomic mass is 10.2. The molecule has 1 saturated heterocycles. The van der Waals surface area contributed by atoms with E-state index in [-0.39, 0.29) is 12.0 Å². The topological polar surface area (TPSA) is 69.0 Å². The Labute approximate surface area is 145 Å². The van der Waals surface area contributed by atoms with Gasteiger partial charge < -0.3 is 10.1 Å². The number of fused-ring (bicyclic) bond motifs is 1. The van der Waals surface area contributed by atoms with Crippen molar-refractivity contribution in [3.8, 4) is 0 Å². The molecule has 1 aliphatic heterocycles. The Hall–Kier alpha value is -2.73. The average Bonchev–Trinajstić information content (AvgIpc) is 3.30. The van der Waals surface area contributed by atoms with Gasteiger partial charge >= 0.3 is 0 Å². The number of benzene rings is 1. The summed E-state index contributed by atoms with van der Waals surface area (Å²) in [5.41, 5.74) is 2.48. The third kappa shape index (κ3) is 3.53. The molecule has 1 N–H and O–H groups in total. The minimum atomic E-state index is -0.124. The lowest BCUT2D eigenvalue weighted by Crippen LogP contribution is -2.31. The first-order valence-electron chi connectivity index (χ1n) is 8.55. The summed E-state index contributed by atoms with van der Waals surface area (Å²) in [4.78, 5) is 16.8. The molecule has 1 aromatic carbocycles. The predicted octanol–water partition coefficient (Wildman–Crippen LogP) is 2.39. The molecule has 6 nitrogen and oxygen atoms in total. The van der Waals surface area contributed by atoms with Crippen LogP contribution in [0.4, 0.5) is 0 Å². The first-order chi connectivity index (χ1) is 12.3. The van der Waals surface area contributed by atoms with Crippen LogP contribution in [-0.2, 0) is 11.3 Å². The molecule has 25 heavy (non-hydrogen) atoms. The molecule has 128 valence electrons. The molecule has 3 heterocycles. The van der Waals surface area contributed by atoms with E-state index >= 15 is 0 Å². The summed E-state index contributed by atoms with van der Waals surface area (Å²) < 4.78 is 7.37. The molecule has 2 aromatic heterocycles. The van der Waals surface area contributed by atoms with Crippen LogP contribution in [0.15, 0.2) is 48.8 Å². The summed E-state index contributed by atoms with van der Waals surface area (Å²) in [6.07, 6.45) is 5.56. The van der Waals surface area contributed by atoms with Gasteiger partial charge in [0.2, 0.25) is 0 Å². The first kappa shape index (κ1) is 15.8. The molecule has 1 amide bonds. The smallest absolute Gasteiger partial charge is 0.252 e. The highest BCUT2D eigenvalue weighted by Gasteiger charge is 2.17. The minimum Gasteiger partial charge on any atom is -0.376 e. The van der Waals surface area contributed by atoms with E-state index in [4.69, 9.17) is 4.74 Å². The van der Waals surface area contributed by atoms with Gasteiger partial charge in [0.05, 0.1) is 24.4 Å². The fraction of sp³-hybridized carbons (Fsp3) is 0.316. The van der Waals surface area contributed by atoms with Crippen molar-refractivity contribution in [3.05, 3.63) is 59.9 Å². The SMILES string of the molecule is O=C(NC[C@H]1CCCO1)c1cnc2c(cnn2Cc2ccccc2)c1. The Morgan fingerprint density at radius 3 is 2.96 bits per heavy atom. The largest absolute Gasteiger partial charge is 0.376 e. The van der Waals surface area contributed by atoms with Gasteiger partial charge in [-0.25, -0.2) is 9.67 Å². The lowest BCUT2D eigenvalue weighted by molar-refractivity contribution is 0.0857. The Bertz CT molecular complexity index is 870. The van der Waals surface area contributed by atoms with Crippen LogP contribution in [0, 0.1) is 0 Å². The number of rotatable bonds is 5. The highest BCUT2D eigenvalue weighted by Crippen LogP contribution is 2.15. The molecule has 0 aliphatic carbocycles. The standard InChI is InChI=1S/C19H20N4O2/c24-19(21-12-17-7-4-8-25-17)16-9-15-11-22-23(18(15)20-10-16)13-14-5-2-1-3-6-14/h1-3,5-6,9-11,17H,4,7-8,12-13H2,(H,21,24)/t17-/m1/s1. The number of hydrogen-bond donors (Lipinski definition) is 1. The van der Waals surface area contributed by atoms with Crippen molar-refractivity contribution < 1.29 is 9.53 Å². The second-order valence-electron chi connectivity index (χ2n) is 6.27. The minimum absolute atomic E-state index is 0.124. The number of nitrogens with one attached hydrogen (secondary N) is 1. The first-order valence-corrected chi connectivity index (χ1v) is 8.55. The van der Waals surface area contributed by atoms with Crippen molar-refractivity contribution >= 4 is 16.9 Å². The van der Waals surface area contributed by atoms with Crippen LogP contribution in [0.25, 0.3) is 11.0 Å². The lowest BCUT2D eigenvalue weighted by Gasteiger charge is -2.10. The maximum atomic E-state index is 12.3. The van der Waals surface area contributed by atoms with Gasteiger partial charge in [-0.2, -0.15) is 5.10 Å². The van der Waals surface area contributed by atoms with E-state index in [9.17, 15) is 4.79 Å². The van der Waals surface area contributed by atoms with Crippen molar-refractivity contribution in [2.75, 3.05) is 13.2 Å². The highest BCUT2D eigenvalue weighted by molar-refractivity contribution is 5.96. The number of carbonyl (C=O) groups is 1. The summed E-state index contributed by atoms with van der Waals surface area (Å²) >= 11 is 0. The highest BCUT2D eigenvalue weighted by atomic mass is 16.5. The number of hydrogen-bond acceptors (Lipinski definition) is 4. The van der Waals surface area contributed by atoms with Crippen molar-refractivity contribution in [3.63, 3.8) is 0 Å². The third-order valence-corrected chi connectivity index (χ3v) is 4.43. The second-order valence-corrected chi connectivity index (χ2v) is 6.27. The van der Waals surface area contributed by atoms with Crippen LogP contribution >= 0.6 is 0 Å². The molecule has 0 radical (unpaired) electrons. The predicted molar refractivity (Wildman–Crippen MR) is 94.4 cm³/mol. The molecule has 4 rings (SSSR count). The van der Waals surface area contributed by atoms with Crippen LogP contribution in [-0.4, -0.2) is 39.9 Å². The van der Waals surface area contributed by atoms with E-state index in [0.29, 0.717) is 18.7 Å². The van der Waals surface area contributed by atoms with Gasteiger partial charge in [-0.05, 0) is 24.5 Å². The zero-order valence-electron chi connectivity index (χ0n) is 13.9. The van der Waals surface area contributed by atoms with E-state index in [2.05, 4.69) is 27.5 Å². The number of aromatic nitrogens is 3. The van der Waals surface area contributed by atoms with Crippen LogP contribution in [0.1, 0.15) is 28.8 Å². The van der Waals surface area contributed by atoms with Crippen molar-refractivity contribution in [1.82, 2.24) is 20.1 Å².